The molecule has 1 saturated carbocycles. The number of aliphatic carboxylic acids is 1. The van der Waals surface area contributed by atoms with Gasteiger partial charge >= 0.3 is 5.97 Å². The van der Waals surface area contributed by atoms with E-state index in [1.54, 1.807) is 13.0 Å². The lowest BCUT2D eigenvalue weighted by atomic mass is 9.95. The van der Waals surface area contributed by atoms with Crippen molar-refractivity contribution in [2.24, 2.45) is 11.3 Å². The van der Waals surface area contributed by atoms with Crippen LogP contribution in [-0.2, 0) is 11.2 Å². The Morgan fingerprint density at radius 3 is 2.53 bits per heavy atom. The lowest BCUT2D eigenvalue weighted by Gasteiger charge is -2.21. The number of Topliss-reactive ketones (excluding diaryl/α,β-unsaturated/α-hetero) is 1. The van der Waals surface area contributed by atoms with Crippen molar-refractivity contribution >= 4 is 11.8 Å². The number of ketones is 1. The summed E-state index contributed by atoms with van der Waals surface area (Å²) < 4.78 is 31.4. The Labute approximate surface area is 186 Å². The van der Waals surface area contributed by atoms with Gasteiger partial charge in [0.25, 0.3) is 0 Å². The van der Waals surface area contributed by atoms with Crippen molar-refractivity contribution in [3.05, 3.63) is 41.5 Å². The van der Waals surface area contributed by atoms with E-state index in [1.165, 1.54) is 14.2 Å². The summed E-state index contributed by atoms with van der Waals surface area (Å²) in [5, 5.41) is 9.83. The second kappa shape index (κ2) is 8.45. The first-order chi connectivity index (χ1) is 15.4. The van der Waals surface area contributed by atoms with E-state index in [0.29, 0.717) is 41.2 Å². The molecular weight excluding hydrogens is 415 g/mol. The van der Waals surface area contributed by atoms with Crippen LogP contribution < -0.4 is 14.2 Å². The van der Waals surface area contributed by atoms with Gasteiger partial charge in [-0.05, 0) is 42.5 Å². The molecule has 32 heavy (non-hydrogen) atoms. The number of carbonyl (C=O) groups is 2. The highest BCUT2D eigenvalue weighted by Gasteiger charge is 2.64. The molecule has 0 bridgehead atoms. The minimum atomic E-state index is -1.27. The van der Waals surface area contributed by atoms with Crippen molar-refractivity contribution < 1.29 is 33.3 Å². The average Bonchev–Trinajstić information content (AvgIpc) is 3.44. The molecule has 1 N–H and O–H groups in total. The first-order valence-corrected chi connectivity index (χ1v) is 10.8. The summed E-state index contributed by atoms with van der Waals surface area (Å²) in [5.41, 5.74) is 1.87. The molecule has 6 nitrogen and oxygen atoms in total. The van der Waals surface area contributed by atoms with Crippen LogP contribution in [0.5, 0.6) is 17.2 Å². The molecular formula is C25H27FO6. The van der Waals surface area contributed by atoms with Crippen LogP contribution in [0, 0.1) is 11.3 Å². The number of hydrogen-bond acceptors (Lipinski definition) is 5. The highest BCUT2D eigenvalue weighted by atomic mass is 19.1. The monoisotopic (exact) mass is 442 g/mol. The van der Waals surface area contributed by atoms with Gasteiger partial charge in [-0.2, -0.15) is 0 Å². The zero-order chi connectivity index (χ0) is 23.0. The minimum Gasteiger partial charge on any atom is -0.493 e. The van der Waals surface area contributed by atoms with Gasteiger partial charge in [0, 0.05) is 23.5 Å². The Balaban J connectivity index is 1.77. The second-order valence-electron chi connectivity index (χ2n) is 8.42. The molecule has 4 rings (SSSR count). The maximum atomic E-state index is 14.3. The summed E-state index contributed by atoms with van der Waals surface area (Å²) in [6.07, 6.45) is 0.379. The molecule has 2 aliphatic rings. The topological polar surface area (TPSA) is 82.1 Å². The number of carbonyl (C=O) groups excluding carboxylic acids is 1. The Kier molecular flexibility index (Phi) is 5.84. The zero-order valence-corrected chi connectivity index (χ0v) is 18.4. The summed E-state index contributed by atoms with van der Waals surface area (Å²) in [6, 6.07) is 9.11. The summed E-state index contributed by atoms with van der Waals surface area (Å²) in [6.45, 7) is 1.52. The van der Waals surface area contributed by atoms with Gasteiger partial charge in [0.15, 0.2) is 17.3 Å². The average molecular weight is 442 g/mol. The number of rotatable bonds is 9. The van der Waals surface area contributed by atoms with Gasteiger partial charge in [0.05, 0.1) is 14.2 Å². The molecule has 2 aliphatic carbocycles. The third-order valence-electron chi connectivity index (χ3n) is 6.73. The van der Waals surface area contributed by atoms with Crippen LogP contribution in [0.25, 0.3) is 11.1 Å². The molecule has 2 aromatic carbocycles. The standard InChI is InChI=1S/C25H27FO6/c1-4-19(26)18-12-25(18,24(28)29)13-32-22-17(9-11-21(30-2)23(22)31-3)14-6-5-7-16-15(14)8-10-20(16)27/h5-7,9,11,18-19H,4,8,10,12-13H2,1-3H3,(H,28,29). The van der Waals surface area contributed by atoms with E-state index < -0.39 is 23.5 Å². The number of hydrogen-bond donors (Lipinski definition) is 1. The summed E-state index contributed by atoms with van der Waals surface area (Å²) in [4.78, 5) is 24.3. The maximum Gasteiger partial charge on any atom is 0.313 e. The van der Waals surface area contributed by atoms with Crippen molar-refractivity contribution in [3.63, 3.8) is 0 Å². The van der Waals surface area contributed by atoms with E-state index in [0.717, 1.165) is 11.1 Å². The zero-order valence-electron chi connectivity index (χ0n) is 18.4. The third kappa shape index (κ3) is 3.49. The van der Waals surface area contributed by atoms with Gasteiger partial charge in [-0.25, -0.2) is 4.39 Å². The van der Waals surface area contributed by atoms with Crippen molar-refractivity contribution in [2.45, 2.75) is 38.8 Å². The molecule has 0 spiro atoms. The quantitative estimate of drug-likeness (QED) is 0.605. The van der Waals surface area contributed by atoms with E-state index in [2.05, 4.69) is 0 Å². The van der Waals surface area contributed by atoms with Crippen LogP contribution in [-0.4, -0.2) is 43.9 Å². The van der Waals surface area contributed by atoms with Gasteiger partial charge in [0.1, 0.15) is 18.2 Å². The number of methoxy groups -OCH3 is 2. The molecule has 0 radical (unpaired) electrons. The third-order valence-corrected chi connectivity index (χ3v) is 6.73. The van der Waals surface area contributed by atoms with Crippen LogP contribution in [0.4, 0.5) is 4.39 Å². The highest BCUT2D eigenvalue weighted by molar-refractivity contribution is 6.02. The molecule has 0 heterocycles. The Morgan fingerprint density at radius 1 is 1.12 bits per heavy atom. The molecule has 2 aromatic rings. The first kappa shape index (κ1) is 22.1. The van der Waals surface area contributed by atoms with Crippen LogP contribution in [0.1, 0.15) is 42.1 Å². The smallest absolute Gasteiger partial charge is 0.313 e. The number of ether oxygens (including phenoxy) is 3. The van der Waals surface area contributed by atoms with Gasteiger partial charge in [-0.3, -0.25) is 9.59 Å². The fourth-order valence-corrected chi connectivity index (χ4v) is 4.76. The van der Waals surface area contributed by atoms with E-state index >= 15 is 0 Å². The fourth-order valence-electron chi connectivity index (χ4n) is 4.76. The number of carboxylic acids is 1. The van der Waals surface area contributed by atoms with E-state index in [9.17, 15) is 19.1 Å². The van der Waals surface area contributed by atoms with Crippen molar-refractivity contribution in [1.29, 1.82) is 0 Å². The molecule has 0 amide bonds. The predicted molar refractivity (Wildman–Crippen MR) is 116 cm³/mol. The number of alkyl halides is 1. The molecule has 0 saturated heterocycles. The Bertz CT molecular complexity index is 1060. The minimum absolute atomic E-state index is 0.101. The van der Waals surface area contributed by atoms with Crippen LogP contribution in [0.15, 0.2) is 30.3 Å². The van der Waals surface area contributed by atoms with Gasteiger partial charge in [-0.15, -0.1) is 0 Å². The molecule has 3 atom stereocenters. The normalized spacial score (nSPS) is 22.2. The summed E-state index contributed by atoms with van der Waals surface area (Å²) in [7, 11) is 2.99. The molecule has 1 fully saturated rings. The van der Waals surface area contributed by atoms with Gasteiger partial charge in [-0.1, -0.05) is 25.1 Å². The molecule has 0 aromatic heterocycles. The maximum absolute atomic E-state index is 14.3. The molecule has 3 unspecified atom stereocenters. The van der Waals surface area contributed by atoms with Gasteiger partial charge < -0.3 is 19.3 Å². The fraction of sp³-hybridized carbons (Fsp3) is 0.440. The highest BCUT2D eigenvalue weighted by Crippen LogP contribution is 2.57. The van der Waals surface area contributed by atoms with Crippen molar-refractivity contribution in [3.8, 4) is 28.4 Å². The SMILES string of the molecule is CCC(F)C1CC1(COc1c(-c2cccc3c2CCC3=O)ccc(OC)c1OC)C(=O)O. The second-order valence-corrected chi connectivity index (χ2v) is 8.42. The number of carboxylic acid groups (broad SMARTS) is 1. The largest absolute Gasteiger partial charge is 0.493 e. The van der Waals surface area contributed by atoms with Crippen LogP contribution in [0.2, 0.25) is 0 Å². The van der Waals surface area contributed by atoms with E-state index in [4.69, 9.17) is 14.2 Å². The van der Waals surface area contributed by atoms with Gasteiger partial charge in [0.2, 0.25) is 5.75 Å². The molecule has 170 valence electrons. The molecule has 7 heteroatoms. The number of halogens is 1. The van der Waals surface area contributed by atoms with Crippen LogP contribution in [0.3, 0.4) is 0 Å². The van der Waals surface area contributed by atoms with E-state index in [-0.39, 0.29) is 25.2 Å². The summed E-state index contributed by atoms with van der Waals surface area (Å²) >= 11 is 0. The number of fused-ring (bicyclic) bond motifs is 1. The summed E-state index contributed by atoms with van der Waals surface area (Å²) in [5.74, 6) is -0.445. The van der Waals surface area contributed by atoms with Crippen LogP contribution >= 0.6 is 0 Å². The molecule has 0 aliphatic heterocycles. The van der Waals surface area contributed by atoms with E-state index in [1.807, 2.05) is 24.3 Å². The van der Waals surface area contributed by atoms with Crippen molar-refractivity contribution in [2.75, 3.05) is 20.8 Å². The first-order valence-electron chi connectivity index (χ1n) is 10.8. The lowest BCUT2D eigenvalue weighted by molar-refractivity contribution is -0.145. The lowest BCUT2D eigenvalue weighted by Crippen LogP contribution is -2.28. The van der Waals surface area contributed by atoms with Crippen molar-refractivity contribution in [1.82, 2.24) is 0 Å². The number of benzene rings is 2. The Morgan fingerprint density at radius 2 is 1.88 bits per heavy atom. The predicted octanol–water partition coefficient (Wildman–Crippen LogP) is 4.72. The Hall–Kier alpha value is -3.09.